The van der Waals surface area contributed by atoms with E-state index in [0.29, 0.717) is 26.2 Å². The fourth-order valence-electron chi connectivity index (χ4n) is 0.568. The smallest absolute Gasteiger partial charge is 0.323 e. The number of carbonyl (C=O) groups is 2. The van der Waals surface area contributed by atoms with Gasteiger partial charge in [0.2, 0.25) is 5.78 Å². The van der Waals surface area contributed by atoms with Gasteiger partial charge in [0.25, 0.3) is 0 Å². The van der Waals surface area contributed by atoms with Crippen LogP contribution in [0.4, 0.5) is 0 Å². The number of nitrogens with zero attached hydrogens (tertiary/aromatic N) is 2. The number of hydrogen-bond acceptors (Lipinski definition) is 5. The number of esters is 1. The molecule has 0 radical (unpaired) electrons. The molecule has 0 saturated heterocycles. The van der Waals surface area contributed by atoms with Gasteiger partial charge < -0.3 is 20.1 Å². The van der Waals surface area contributed by atoms with Crippen molar-refractivity contribution in [1.29, 1.82) is 0 Å². The largest absolute Gasteiger partial charge is 0.466 e. The second-order valence-corrected chi connectivity index (χ2v) is 2.91. The Hall–Kier alpha value is -1.56. The van der Waals surface area contributed by atoms with E-state index in [-0.39, 0.29) is 18.4 Å². The zero-order chi connectivity index (χ0) is 15.5. The maximum atomic E-state index is 10.1. The molecule has 7 nitrogen and oxygen atoms in total. The lowest BCUT2D eigenvalue weighted by molar-refractivity contribution is -0.140. The zero-order valence-electron chi connectivity index (χ0n) is 12.1. The SMILES string of the molecule is CCC(=O)C=[N+]=[N-].CCOC(C)=O.CCOCCO. The van der Waals surface area contributed by atoms with Gasteiger partial charge in [-0.1, -0.05) is 6.92 Å². The minimum Gasteiger partial charge on any atom is -0.466 e. The Bertz CT molecular complexity index is 259. The number of rotatable bonds is 6. The highest BCUT2D eigenvalue weighted by molar-refractivity contribution is 6.24. The summed E-state index contributed by atoms with van der Waals surface area (Å²) in [6, 6.07) is 0. The molecule has 0 amide bonds. The van der Waals surface area contributed by atoms with Crippen molar-refractivity contribution in [2.45, 2.75) is 34.1 Å². The van der Waals surface area contributed by atoms with Gasteiger partial charge >= 0.3 is 12.2 Å². The van der Waals surface area contributed by atoms with Gasteiger partial charge in [-0.25, -0.2) is 0 Å². The van der Waals surface area contributed by atoms with Crippen LogP contribution in [-0.2, 0) is 19.1 Å². The van der Waals surface area contributed by atoms with Crippen molar-refractivity contribution in [2.24, 2.45) is 0 Å². The average molecular weight is 276 g/mol. The summed E-state index contributed by atoms with van der Waals surface area (Å²) in [7, 11) is 0. The minimum absolute atomic E-state index is 0.133. The molecule has 0 aromatic carbocycles. The highest BCUT2D eigenvalue weighted by Gasteiger charge is 1.93. The number of aliphatic hydroxyl groups is 1. The Morgan fingerprint density at radius 2 is 1.84 bits per heavy atom. The summed E-state index contributed by atoms with van der Waals surface area (Å²) in [5, 5.41) is 8.07. The Labute approximate surface area is 114 Å². The van der Waals surface area contributed by atoms with Crippen LogP contribution in [0.5, 0.6) is 0 Å². The molecule has 0 saturated carbocycles. The van der Waals surface area contributed by atoms with Gasteiger partial charge in [-0.3, -0.25) is 9.59 Å². The molecule has 0 aliphatic rings. The molecule has 0 bridgehead atoms. The van der Waals surface area contributed by atoms with Crippen LogP contribution in [0, 0.1) is 0 Å². The summed E-state index contributed by atoms with van der Waals surface area (Å²) < 4.78 is 9.14. The average Bonchev–Trinajstić information content (AvgIpc) is 2.38. The van der Waals surface area contributed by atoms with Crippen molar-refractivity contribution in [1.82, 2.24) is 0 Å². The molecular formula is C12H24N2O5. The highest BCUT2D eigenvalue weighted by Crippen LogP contribution is 1.70. The molecular weight excluding hydrogens is 252 g/mol. The van der Waals surface area contributed by atoms with Gasteiger partial charge in [-0.15, -0.1) is 0 Å². The molecule has 112 valence electrons. The lowest BCUT2D eigenvalue weighted by Crippen LogP contribution is -1.96. The Morgan fingerprint density at radius 1 is 1.26 bits per heavy atom. The van der Waals surface area contributed by atoms with Crippen LogP contribution in [0.2, 0.25) is 0 Å². The summed E-state index contributed by atoms with van der Waals surface area (Å²) >= 11 is 0. The predicted molar refractivity (Wildman–Crippen MR) is 70.9 cm³/mol. The summed E-state index contributed by atoms with van der Waals surface area (Å²) in [6.07, 6.45) is 1.28. The van der Waals surface area contributed by atoms with Crippen molar-refractivity contribution in [3.8, 4) is 0 Å². The number of carbonyl (C=O) groups excluding carboxylic acids is 2. The third kappa shape index (κ3) is 38.5. The second kappa shape index (κ2) is 21.7. The second-order valence-electron chi connectivity index (χ2n) is 2.91. The minimum atomic E-state index is -0.211. The molecule has 0 aliphatic carbocycles. The normalized spacial score (nSPS) is 7.84. The maximum absolute atomic E-state index is 10.1. The molecule has 19 heavy (non-hydrogen) atoms. The van der Waals surface area contributed by atoms with E-state index in [1.165, 1.54) is 6.92 Å². The lowest BCUT2D eigenvalue weighted by atomic mass is 10.3. The van der Waals surface area contributed by atoms with E-state index in [4.69, 9.17) is 15.4 Å². The molecule has 0 aromatic heterocycles. The molecule has 1 N–H and O–H groups in total. The molecule has 0 atom stereocenters. The zero-order valence-corrected chi connectivity index (χ0v) is 12.1. The van der Waals surface area contributed by atoms with Crippen molar-refractivity contribution in [3.05, 3.63) is 5.53 Å². The van der Waals surface area contributed by atoms with Gasteiger partial charge in [0, 0.05) is 20.0 Å². The van der Waals surface area contributed by atoms with E-state index < -0.39 is 0 Å². The third-order valence-electron chi connectivity index (χ3n) is 1.34. The van der Waals surface area contributed by atoms with E-state index in [0.717, 1.165) is 6.21 Å². The topological polar surface area (TPSA) is 109 Å². The maximum Gasteiger partial charge on any atom is 0.323 e. The standard InChI is InChI=1S/C4H6N2O.C4H8O2.C4H10O2/c1-2-4(7)3-6-5;1-3-6-4(2)5;1-2-6-4-3-5/h3H,2H2,1H3;3H2,1-2H3;5H,2-4H2,1H3. The molecule has 0 aromatic rings. The Balaban J connectivity index is -0.000000203. The summed E-state index contributed by atoms with van der Waals surface area (Å²) in [5.74, 6) is -0.375. The highest BCUT2D eigenvalue weighted by atomic mass is 16.5. The van der Waals surface area contributed by atoms with E-state index in [9.17, 15) is 9.59 Å². The summed E-state index contributed by atoms with van der Waals surface area (Å²) in [6.45, 7) is 8.55. The molecule has 7 heteroatoms. The van der Waals surface area contributed by atoms with Crippen LogP contribution >= 0.6 is 0 Å². The number of Topliss-reactive ketones (excluding diaryl/α,β-unsaturated/α-hetero) is 1. The molecule has 0 rings (SSSR count). The number of ether oxygens (including phenoxy) is 2. The van der Waals surface area contributed by atoms with Crippen LogP contribution in [0.1, 0.15) is 34.1 Å². The van der Waals surface area contributed by atoms with Crippen molar-refractivity contribution < 1.29 is 29.0 Å². The van der Waals surface area contributed by atoms with Gasteiger partial charge in [0.05, 0.1) is 19.8 Å². The molecule has 0 fully saturated rings. The van der Waals surface area contributed by atoms with Crippen LogP contribution < -0.4 is 0 Å². The van der Waals surface area contributed by atoms with Gasteiger partial charge in [-0.05, 0) is 13.8 Å². The van der Waals surface area contributed by atoms with Crippen molar-refractivity contribution >= 4 is 18.0 Å². The lowest BCUT2D eigenvalue weighted by Gasteiger charge is -1.91. The number of aliphatic hydroxyl groups excluding tert-OH is 1. The Kier molecular flexibility index (Phi) is 25.8. The molecule has 0 spiro atoms. The van der Waals surface area contributed by atoms with E-state index in [2.05, 4.69) is 9.53 Å². The fraction of sp³-hybridized carbons (Fsp3) is 0.750. The van der Waals surface area contributed by atoms with Crippen LogP contribution in [-0.4, -0.2) is 54.3 Å². The fourth-order valence-corrected chi connectivity index (χ4v) is 0.568. The van der Waals surface area contributed by atoms with Crippen LogP contribution in [0.15, 0.2) is 0 Å². The monoisotopic (exact) mass is 276 g/mol. The first-order valence-electron chi connectivity index (χ1n) is 6.02. The first kappa shape index (κ1) is 22.6. The van der Waals surface area contributed by atoms with Gasteiger partial charge in [-0.2, -0.15) is 4.79 Å². The van der Waals surface area contributed by atoms with Gasteiger partial charge in [0.15, 0.2) is 0 Å². The number of ketones is 1. The van der Waals surface area contributed by atoms with Crippen molar-refractivity contribution in [2.75, 3.05) is 26.4 Å². The summed E-state index contributed by atoms with van der Waals surface area (Å²) in [5.41, 5.74) is 7.72. The van der Waals surface area contributed by atoms with Gasteiger partial charge in [0.1, 0.15) is 0 Å². The first-order valence-corrected chi connectivity index (χ1v) is 6.02. The molecule has 0 unspecified atom stereocenters. The summed E-state index contributed by atoms with van der Waals surface area (Å²) in [4.78, 5) is 22.5. The van der Waals surface area contributed by atoms with E-state index in [1.54, 1.807) is 13.8 Å². The molecule has 0 aliphatic heterocycles. The van der Waals surface area contributed by atoms with Crippen LogP contribution in [0.3, 0.4) is 0 Å². The first-order chi connectivity index (χ1) is 8.99. The van der Waals surface area contributed by atoms with E-state index >= 15 is 0 Å². The predicted octanol–water partition coefficient (Wildman–Crippen LogP) is 0.851. The van der Waals surface area contributed by atoms with Crippen molar-refractivity contribution in [3.63, 3.8) is 0 Å². The quantitative estimate of drug-likeness (QED) is 0.254. The molecule has 0 heterocycles. The third-order valence-corrected chi connectivity index (χ3v) is 1.34. The Morgan fingerprint density at radius 3 is 1.95 bits per heavy atom. The number of hydrogen-bond donors (Lipinski definition) is 1. The van der Waals surface area contributed by atoms with Crippen LogP contribution in [0.25, 0.3) is 5.53 Å². The van der Waals surface area contributed by atoms with E-state index in [1.807, 2.05) is 6.92 Å².